The quantitative estimate of drug-likeness (QED) is 0.334. The third kappa shape index (κ3) is 4.87. The van der Waals surface area contributed by atoms with Gasteiger partial charge in [0.15, 0.2) is 5.11 Å². The van der Waals surface area contributed by atoms with Gasteiger partial charge in [0.25, 0.3) is 0 Å². The standard InChI is InChI=1S/C26H24FN5O3S2/c1-35-23-16-17(12-13-19(23)30-37(2,33)34)32-25(24(29-26(32)36)20-9-5-6-14-28-20)22-11-7-15-31(22)21-10-4-3-8-18(21)27/h3-16,24-25,30H,1-2H3,(H,29,36)/t24-,25+/m1/s1. The van der Waals surface area contributed by atoms with E-state index in [2.05, 4.69) is 15.0 Å². The number of hydrogen-bond acceptors (Lipinski definition) is 5. The molecule has 0 amide bonds. The number of methoxy groups -OCH3 is 1. The number of ether oxygens (including phenoxy) is 1. The monoisotopic (exact) mass is 537 g/mol. The molecule has 3 heterocycles. The van der Waals surface area contributed by atoms with Gasteiger partial charge in [-0.1, -0.05) is 18.2 Å². The number of nitrogens with zero attached hydrogens (tertiary/aromatic N) is 3. The molecule has 37 heavy (non-hydrogen) atoms. The van der Waals surface area contributed by atoms with Crippen molar-refractivity contribution in [2.75, 3.05) is 23.0 Å². The van der Waals surface area contributed by atoms with Crippen LogP contribution in [0.1, 0.15) is 23.5 Å². The maximum absolute atomic E-state index is 14.9. The maximum atomic E-state index is 14.9. The Bertz CT molecular complexity index is 1560. The molecule has 0 aliphatic carbocycles. The van der Waals surface area contributed by atoms with E-state index in [1.165, 1.54) is 13.2 Å². The second-order valence-corrected chi connectivity index (χ2v) is 10.6. The van der Waals surface area contributed by atoms with Crippen LogP contribution < -0.4 is 19.7 Å². The first kappa shape index (κ1) is 24.7. The highest BCUT2D eigenvalue weighted by atomic mass is 32.2. The lowest BCUT2D eigenvalue weighted by Gasteiger charge is -2.29. The summed E-state index contributed by atoms with van der Waals surface area (Å²) in [6, 6.07) is 20.3. The van der Waals surface area contributed by atoms with E-state index in [0.717, 1.165) is 17.6 Å². The van der Waals surface area contributed by atoms with Crippen LogP contribution in [0.3, 0.4) is 0 Å². The van der Waals surface area contributed by atoms with Crippen molar-refractivity contribution in [1.82, 2.24) is 14.9 Å². The molecule has 5 rings (SSSR count). The van der Waals surface area contributed by atoms with E-state index in [-0.39, 0.29) is 11.9 Å². The Labute approximate surface area is 219 Å². The van der Waals surface area contributed by atoms with Crippen LogP contribution in [0.5, 0.6) is 5.75 Å². The van der Waals surface area contributed by atoms with E-state index in [9.17, 15) is 12.8 Å². The van der Waals surface area contributed by atoms with Crippen LogP contribution in [0.4, 0.5) is 15.8 Å². The summed E-state index contributed by atoms with van der Waals surface area (Å²) in [7, 11) is -2.05. The minimum Gasteiger partial charge on any atom is -0.494 e. The van der Waals surface area contributed by atoms with Crippen LogP contribution in [-0.2, 0) is 10.0 Å². The molecule has 4 aromatic rings. The van der Waals surface area contributed by atoms with Crippen LogP contribution in [0.2, 0.25) is 0 Å². The highest BCUT2D eigenvalue weighted by molar-refractivity contribution is 7.92. The van der Waals surface area contributed by atoms with Crippen molar-refractivity contribution in [3.05, 3.63) is 102 Å². The number of aromatic nitrogens is 2. The first-order chi connectivity index (χ1) is 17.8. The third-order valence-corrected chi connectivity index (χ3v) is 6.96. The van der Waals surface area contributed by atoms with Crippen LogP contribution in [-0.4, -0.2) is 36.4 Å². The molecule has 2 atom stereocenters. The first-order valence-corrected chi connectivity index (χ1v) is 13.7. The number of anilines is 2. The zero-order valence-electron chi connectivity index (χ0n) is 20.0. The highest BCUT2D eigenvalue weighted by Gasteiger charge is 2.42. The zero-order chi connectivity index (χ0) is 26.2. The van der Waals surface area contributed by atoms with Gasteiger partial charge in [0.05, 0.1) is 36.5 Å². The summed E-state index contributed by atoms with van der Waals surface area (Å²) in [6.45, 7) is 0. The average Bonchev–Trinajstić information content (AvgIpc) is 3.48. The summed E-state index contributed by atoms with van der Waals surface area (Å²) >= 11 is 5.79. The summed E-state index contributed by atoms with van der Waals surface area (Å²) in [5, 5.41) is 3.81. The van der Waals surface area contributed by atoms with E-state index < -0.39 is 16.1 Å². The zero-order valence-corrected chi connectivity index (χ0v) is 21.6. The van der Waals surface area contributed by atoms with Crippen LogP contribution >= 0.6 is 12.2 Å². The number of para-hydroxylation sites is 1. The van der Waals surface area contributed by atoms with E-state index >= 15 is 0 Å². The van der Waals surface area contributed by atoms with Gasteiger partial charge in [-0.25, -0.2) is 12.8 Å². The Kier molecular flexibility index (Phi) is 6.57. The second kappa shape index (κ2) is 9.83. The summed E-state index contributed by atoms with van der Waals surface area (Å²) in [5.41, 5.74) is 2.93. The normalized spacial score (nSPS) is 17.5. The molecule has 0 radical (unpaired) electrons. The van der Waals surface area contributed by atoms with Crippen LogP contribution in [0, 0.1) is 5.82 Å². The van der Waals surface area contributed by atoms with Gasteiger partial charge in [-0.3, -0.25) is 9.71 Å². The smallest absolute Gasteiger partial charge is 0.229 e. The molecule has 2 N–H and O–H groups in total. The number of benzene rings is 2. The Morgan fingerprint density at radius 3 is 2.57 bits per heavy atom. The van der Waals surface area contributed by atoms with Crippen molar-refractivity contribution in [2.45, 2.75) is 12.1 Å². The summed E-state index contributed by atoms with van der Waals surface area (Å²) < 4.78 is 48.2. The Morgan fingerprint density at radius 2 is 1.86 bits per heavy atom. The lowest BCUT2D eigenvalue weighted by atomic mass is 10.0. The third-order valence-electron chi connectivity index (χ3n) is 6.05. The molecule has 190 valence electrons. The molecule has 0 spiro atoms. The Hall–Kier alpha value is -3.96. The first-order valence-electron chi connectivity index (χ1n) is 11.4. The van der Waals surface area contributed by atoms with E-state index in [4.69, 9.17) is 17.0 Å². The van der Waals surface area contributed by atoms with Gasteiger partial charge >= 0.3 is 0 Å². The molecule has 2 aromatic heterocycles. The topological polar surface area (TPSA) is 88.5 Å². The van der Waals surface area contributed by atoms with Crippen molar-refractivity contribution in [2.24, 2.45) is 0 Å². The minimum atomic E-state index is -3.51. The SMILES string of the molecule is COc1cc(N2C(=S)N[C@H](c3ccccn3)[C@@H]2c2cccn2-c2ccccc2F)ccc1NS(C)(=O)=O. The Morgan fingerprint density at radius 1 is 1.08 bits per heavy atom. The maximum Gasteiger partial charge on any atom is 0.229 e. The number of sulfonamides is 1. The molecule has 11 heteroatoms. The number of rotatable bonds is 7. The predicted molar refractivity (Wildman–Crippen MR) is 145 cm³/mol. The van der Waals surface area contributed by atoms with E-state index in [1.54, 1.807) is 47.2 Å². The van der Waals surface area contributed by atoms with Gasteiger partial charge in [-0.15, -0.1) is 0 Å². The largest absolute Gasteiger partial charge is 0.494 e. The number of pyridine rings is 1. The van der Waals surface area contributed by atoms with Gasteiger partial charge in [0, 0.05) is 29.8 Å². The van der Waals surface area contributed by atoms with Crippen LogP contribution in [0.15, 0.2) is 85.2 Å². The van der Waals surface area contributed by atoms with E-state index in [0.29, 0.717) is 27.9 Å². The predicted octanol–water partition coefficient (Wildman–Crippen LogP) is 4.57. The molecular weight excluding hydrogens is 513 g/mol. The molecule has 2 aromatic carbocycles. The van der Waals surface area contributed by atoms with Gasteiger partial charge in [0.1, 0.15) is 17.6 Å². The molecule has 1 fully saturated rings. The van der Waals surface area contributed by atoms with Gasteiger partial charge in [-0.05, 0) is 60.7 Å². The summed E-state index contributed by atoms with van der Waals surface area (Å²) in [5.74, 6) is -0.0254. The number of halogens is 1. The molecule has 8 nitrogen and oxygen atoms in total. The number of thiocarbonyl (C=S) groups is 1. The minimum absolute atomic E-state index is 0.305. The fourth-order valence-corrected chi connectivity index (χ4v) is 5.46. The molecule has 1 aliphatic rings. The van der Waals surface area contributed by atoms with Gasteiger partial charge in [0.2, 0.25) is 10.0 Å². The molecule has 1 aliphatic heterocycles. The average molecular weight is 538 g/mol. The molecule has 1 saturated heterocycles. The number of hydrogen-bond donors (Lipinski definition) is 2. The van der Waals surface area contributed by atoms with Crippen molar-refractivity contribution in [1.29, 1.82) is 0 Å². The Balaban J connectivity index is 1.66. The fraction of sp³-hybridized carbons (Fsp3) is 0.154. The van der Waals surface area contributed by atoms with Crippen LogP contribution in [0.25, 0.3) is 5.69 Å². The highest BCUT2D eigenvalue weighted by Crippen LogP contribution is 2.44. The van der Waals surface area contributed by atoms with Crippen molar-refractivity contribution >= 4 is 38.7 Å². The summed E-state index contributed by atoms with van der Waals surface area (Å²) in [6.07, 6.45) is 4.59. The second-order valence-electron chi connectivity index (χ2n) is 8.51. The lowest BCUT2D eigenvalue weighted by Crippen LogP contribution is -2.30. The van der Waals surface area contributed by atoms with Crippen molar-refractivity contribution < 1.29 is 17.5 Å². The molecular formula is C26H24FN5O3S2. The van der Waals surface area contributed by atoms with Gasteiger partial charge < -0.3 is 19.5 Å². The summed E-state index contributed by atoms with van der Waals surface area (Å²) in [4.78, 5) is 6.47. The lowest BCUT2D eigenvalue weighted by molar-refractivity contribution is 0.417. The van der Waals surface area contributed by atoms with Crippen molar-refractivity contribution in [3.63, 3.8) is 0 Å². The van der Waals surface area contributed by atoms with E-state index in [1.807, 2.05) is 41.4 Å². The molecule has 0 unspecified atom stereocenters. The molecule has 0 saturated carbocycles. The van der Waals surface area contributed by atoms with Gasteiger partial charge in [-0.2, -0.15) is 0 Å². The number of nitrogens with one attached hydrogen (secondary N) is 2. The molecule has 0 bridgehead atoms. The van der Waals surface area contributed by atoms with Crippen molar-refractivity contribution in [3.8, 4) is 11.4 Å². The fourth-order valence-electron chi connectivity index (χ4n) is 4.55.